The lowest BCUT2D eigenvalue weighted by atomic mass is 10.0. The second-order valence-corrected chi connectivity index (χ2v) is 7.24. The van der Waals surface area contributed by atoms with Crippen LogP contribution in [0.2, 0.25) is 0 Å². The fourth-order valence-corrected chi connectivity index (χ4v) is 3.00. The summed E-state index contributed by atoms with van der Waals surface area (Å²) in [4.78, 5) is 24.9. The normalized spacial score (nSPS) is 10.9. The predicted molar refractivity (Wildman–Crippen MR) is 121 cm³/mol. The summed E-state index contributed by atoms with van der Waals surface area (Å²) in [6.45, 7) is 0. The SMILES string of the molecule is COC(=O)C(CC(=O)c1ccc(Br)cc1)=NN=C(c1ccccc1)c1ccccc1. The van der Waals surface area contributed by atoms with Crippen LogP contribution in [0.1, 0.15) is 27.9 Å². The first kappa shape index (κ1) is 21.3. The van der Waals surface area contributed by atoms with E-state index in [1.807, 2.05) is 60.7 Å². The number of carbonyl (C=O) groups is 2. The van der Waals surface area contributed by atoms with Crippen LogP contribution in [0.4, 0.5) is 0 Å². The summed E-state index contributed by atoms with van der Waals surface area (Å²) >= 11 is 3.34. The van der Waals surface area contributed by atoms with Crippen molar-refractivity contribution in [2.45, 2.75) is 6.42 Å². The molecule has 0 saturated carbocycles. The number of ether oxygens (including phenoxy) is 1. The topological polar surface area (TPSA) is 68.1 Å². The van der Waals surface area contributed by atoms with Crippen LogP contribution in [0.5, 0.6) is 0 Å². The molecule has 0 N–H and O–H groups in total. The number of esters is 1. The van der Waals surface area contributed by atoms with Crippen molar-refractivity contribution in [3.63, 3.8) is 0 Å². The third kappa shape index (κ3) is 5.58. The second kappa shape index (κ2) is 10.4. The summed E-state index contributed by atoms with van der Waals surface area (Å²) in [5.74, 6) is -0.937. The summed E-state index contributed by atoms with van der Waals surface area (Å²) in [5, 5.41) is 8.47. The summed E-state index contributed by atoms with van der Waals surface area (Å²) in [5.41, 5.74) is 2.69. The maximum absolute atomic E-state index is 12.6. The number of rotatable bonds is 7. The van der Waals surface area contributed by atoms with Gasteiger partial charge in [-0.15, -0.1) is 10.2 Å². The van der Waals surface area contributed by atoms with Gasteiger partial charge in [0, 0.05) is 21.2 Å². The van der Waals surface area contributed by atoms with Crippen LogP contribution in [-0.2, 0) is 9.53 Å². The smallest absolute Gasteiger partial charge is 0.354 e. The molecule has 0 amide bonds. The van der Waals surface area contributed by atoms with Crippen molar-refractivity contribution in [1.29, 1.82) is 0 Å². The van der Waals surface area contributed by atoms with Crippen molar-refractivity contribution in [3.8, 4) is 0 Å². The lowest BCUT2D eigenvalue weighted by Gasteiger charge is -2.07. The first-order valence-corrected chi connectivity index (χ1v) is 10.00. The number of hydrogen-bond acceptors (Lipinski definition) is 5. The van der Waals surface area contributed by atoms with E-state index in [1.54, 1.807) is 24.3 Å². The van der Waals surface area contributed by atoms with Crippen molar-refractivity contribution >= 4 is 39.1 Å². The van der Waals surface area contributed by atoms with Crippen LogP contribution in [0, 0.1) is 0 Å². The highest BCUT2D eigenvalue weighted by Gasteiger charge is 2.18. The van der Waals surface area contributed by atoms with E-state index in [0.717, 1.165) is 15.6 Å². The van der Waals surface area contributed by atoms with Gasteiger partial charge in [0.05, 0.1) is 13.5 Å². The van der Waals surface area contributed by atoms with Gasteiger partial charge in [-0.25, -0.2) is 4.79 Å². The first-order valence-electron chi connectivity index (χ1n) is 9.21. The molecule has 0 unspecified atom stereocenters. The highest BCUT2D eigenvalue weighted by Crippen LogP contribution is 2.14. The fourth-order valence-electron chi connectivity index (χ4n) is 2.74. The van der Waals surface area contributed by atoms with Gasteiger partial charge in [-0.3, -0.25) is 4.79 Å². The van der Waals surface area contributed by atoms with Crippen molar-refractivity contribution in [3.05, 3.63) is 106 Å². The minimum Gasteiger partial charge on any atom is -0.464 e. The number of ketones is 1. The molecule has 0 aliphatic rings. The van der Waals surface area contributed by atoms with Crippen LogP contribution in [0.15, 0.2) is 99.6 Å². The number of methoxy groups -OCH3 is 1. The van der Waals surface area contributed by atoms with E-state index in [9.17, 15) is 9.59 Å². The van der Waals surface area contributed by atoms with Gasteiger partial charge in [0.1, 0.15) is 5.71 Å². The Balaban J connectivity index is 1.97. The number of benzene rings is 3. The molecule has 0 bridgehead atoms. The van der Waals surface area contributed by atoms with Gasteiger partial charge < -0.3 is 4.74 Å². The summed E-state index contributed by atoms with van der Waals surface area (Å²) in [6.07, 6.45) is -0.214. The minimum atomic E-state index is -0.690. The van der Waals surface area contributed by atoms with Gasteiger partial charge in [0.25, 0.3) is 0 Å². The van der Waals surface area contributed by atoms with Gasteiger partial charge in [-0.1, -0.05) is 88.7 Å². The molecular weight excluding hydrogens is 444 g/mol. The maximum atomic E-state index is 12.6. The standard InChI is InChI=1S/C24H19BrN2O3/c1-30-24(29)21(16-22(28)17-12-14-20(25)15-13-17)26-27-23(18-8-4-2-5-9-18)19-10-6-3-7-11-19/h2-15H,16H2,1H3. The third-order valence-corrected chi connectivity index (χ3v) is 4.81. The lowest BCUT2D eigenvalue weighted by Crippen LogP contribution is -2.20. The molecule has 30 heavy (non-hydrogen) atoms. The Morgan fingerprint density at radius 1 is 0.767 bits per heavy atom. The Hall–Kier alpha value is -3.38. The first-order chi connectivity index (χ1) is 14.6. The molecule has 150 valence electrons. The molecular formula is C24H19BrN2O3. The van der Waals surface area contributed by atoms with Crippen LogP contribution >= 0.6 is 15.9 Å². The summed E-state index contributed by atoms with van der Waals surface area (Å²) in [7, 11) is 1.25. The minimum absolute atomic E-state index is 0.0604. The Morgan fingerprint density at radius 3 is 1.80 bits per heavy atom. The zero-order chi connectivity index (χ0) is 21.3. The number of Topliss-reactive ketones (excluding diaryl/α,β-unsaturated/α-hetero) is 1. The van der Waals surface area contributed by atoms with Crippen molar-refractivity contribution < 1.29 is 14.3 Å². The fraction of sp³-hybridized carbons (Fsp3) is 0.0833. The molecule has 3 rings (SSSR count). The zero-order valence-corrected chi connectivity index (χ0v) is 17.9. The molecule has 6 heteroatoms. The van der Waals surface area contributed by atoms with E-state index in [-0.39, 0.29) is 17.9 Å². The molecule has 0 saturated heterocycles. The number of nitrogens with zero attached hydrogens (tertiary/aromatic N) is 2. The molecule has 0 atom stereocenters. The molecule has 0 aliphatic heterocycles. The highest BCUT2D eigenvalue weighted by atomic mass is 79.9. The van der Waals surface area contributed by atoms with Crippen LogP contribution in [0.25, 0.3) is 0 Å². The number of carbonyl (C=O) groups excluding carboxylic acids is 2. The average molecular weight is 463 g/mol. The van der Waals surface area contributed by atoms with E-state index in [2.05, 4.69) is 26.1 Å². The molecule has 0 spiro atoms. The van der Waals surface area contributed by atoms with Gasteiger partial charge >= 0.3 is 5.97 Å². The summed E-state index contributed by atoms with van der Waals surface area (Å²) in [6, 6.07) is 26.0. The van der Waals surface area contributed by atoms with Crippen molar-refractivity contribution in [2.75, 3.05) is 7.11 Å². The summed E-state index contributed by atoms with van der Waals surface area (Å²) < 4.78 is 5.68. The van der Waals surface area contributed by atoms with E-state index in [0.29, 0.717) is 11.3 Å². The maximum Gasteiger partial charge on any atom is 0.354 e. The Kier molecular flexibility index (Phi) is 7.40. The van der Waals surface area contributed by atoms with Gasteiger partial charge in [-0.2, -0.15) is 0 Å². The molecule has 0 radical (unpaired) electrons. The lowest BCUT2D eigenvalue weighted by molar-refractivity contribution is -0.132. The Bertz CT molecular complexity index is 1030. The predicted octanol–water partition coefficient (Wildman–Crippen LogP) is 5.09. The van der Waals surface area contributed by atoms with Crippen molar-refractivity contribution in [1.82, 2.24) is 0 Å². The monoisotopic (exact) mass is 462 g/mol. The van der Waals surface area contributed by atoms with Gasteiger partial charge in [0.15, 0.2) is 11.5 Å². The number of halogens is 1. The van der Waals surface area contributed by atoms with Crippen LogP contribution < -0.4 is 0 Å². The largest absolute Gasteiger partial charge is 0.464 e. The highest BCUT2D eigenvalue weighted by molar-refractivity contribution is 9.10. The quantitative estimate of drug-likeness (QED) is 0.212. The molecule has 3 aromatic carbocycles. The number of hydrogen-bond donors (Lipinski definition) is 0. The average Bonchev–Trinajstić information content (AvgIpc) is 2.79. The van der Waals surface area contributed by atoms with Gasteiger partial charge in [0.2, 0.25) is 0 Å². The molecule has 0 heterocycles. The Morgan fingerprint density at radius 2 is 1.30 bits per heavy atom. The molecule has 0 fully saturated rings. The van der Waals surface area contributed by atoms with E-state index in [4.69, 9.17) is 4.74 Å². The van der Waals surface area contributed by atoms with Crippen LogP contribution in [-0.4, -0.2) is 30.3 Å². The molecule has 0 aromatic heterocycles. The second-order valence-electron chi connectivity index (χ2n) is 6.33. The van der Waals surface area contributed by atoms with E-state index in [1.165, 1.54) is 7.11 Å². The van der Waals surface area contributed by atoms with Gasteiger partial charge in [-0.05, 0) is 12.1 Å². The molecule has 5 nitrogen and oxygen atoms in total. The zero-order valence-electron chi connectivity index (χ0n) is 16.3. The molecule has 0 aliphatic carbocycles. The molecule has 3 aromatic rings. The Labute approximate surface area is 183 Å². The van der Waals surface area contributed by atoms with Crippen molar-refractivity contribution in [2.24, 2.45) is 10.2 Å². The van der Waals surface area contributed by atoms with E-state index >= 15 is 0 Å². The van der Waals surface area contributed by atoms with E-state index < -0.39 is 5.97 Å². The third-order valence-electron chi connectivity index (χ3n) is 4.28. The van der Waals surface area contributed by atoms with Crippen LogP contribution in [0.3, 0.4) is 0 Å².